The van der Waals surface area contributed by atoms with Crippen LogP contribution in [0.1, 0.15) is 17.5 Å². The summed E-state index contributed by atoms with van der Waals surface area (Å²) in [7, 11) is 0. The predicted molar refractivity (Wildman–Crippen MR) is 63.2 cm³/mol. The van der Waals surface area contributed by atoms with Gasteiger partial charge in [-0.3, -0.25) is 0 Å². The molecule has 3 heteroatoms. The highest BCUT2D eigenvalue weighted by Crippen LogP contribution is 2.32. The molecule has 0 saturated carbocycles. The van der Waals surface area contributed by atoms with Crippen LogP contribution in [0.4, 0.5) is 0 Å². The lowest BCUT2D eigenvalue weighted by Gasteiger charge is -2.36. The molecule has 1 aromatic rings. The highest BCUT2D eigenvalue weighted by atomic mass is 79.9. The Balaban J connectivity index is 2.28. The van der Waals surface area contributed by atoms with Crippen molar-refractivity contribution >= 4 is 15.9 Å². The molecule has 1 aromatic carbocycles. The quantitative estimate of drug-likeness (QED) is 0.770. The van der Waals surface area contributed by atoms with Gasteiger partial charge in [-0.05, 0) is 13.3 Å². The van der Waals surface area contributed by atoms with Gasteiger partial charge in [0.1, 0.15) is 0 Å². The van der Waals surface area contributed by atoms with Crippen LogP contribution in [0.25, 0.3) is 0 Å². The maximum atomic E-state index is 5.77. The van der Waals surface area contributed by atoms with Gasteiger partial charge in [-0.25, -0.2) is 0 Å². The van der Waals surface area contributed by atoms with Crippen LogP contribution in [-0.2, 0) is 15.3 Å². The van der Waals surface area contributed by atoms with Gasteiger partial charge in [0.2, 0.25) is 5.79 Å². The van der Waals surface area contributed by atoms with E-state index in [9.17, 15) is 0 Å². The molecule has 2 rings (SSSR count). The van der Waals surface area contributed by atoms with Gasteiger partial charge in [0.05, 0.1) is 18.5 Å². The second kappa shape index (κ2) is 4.64. The lowest BCUT2D eigenvalue weighted by Crippen LogP contribution is -2.39. The molecule has 0 radical (unpaired) electrons. The first-order valence-electron chi connectivity index (χ1n) is 5.18. The van der Waals surface area contributed by atoms with Crippen LogP contribution in [0.5, 0.6) is 0 Å². The van der Waals surface area contributed by atoms with Crippen molar-refractivity contribution < 1.29 is 9.47 Å². The SMILES string of the molecule is Cc1ccc(C2(CBr)OCCCO2)cc1. The summed E-state index contributed by atoms with van der Waals surface area (Å²) < 4.78 is 11.5. The number of hydrogen-bond acceptors (Lipinski definition) is 2. The molecule has 1 fully saturated rings. The van der Waals surface area contributed by atoms with Crippen LogP contribution in [-0.4, -0.2) is 18.5 Å². The Hall–Kier alpha value is -0.380. The summed E-state index contributed by atoms with van der Waals surface area (Å²) in [6, 6.07) is 8.31. The van der Waals surface area contributed by atoms with Crippen LogP contribution in [0.15, 0.2) is 24.3 Å². The van der Waals surface area contributed by atoms with Gasteiger partial charge in [0, 0.05) is 5.56 Å². The maximum absolute atomic E-state index is 5.77. The van der Waals surface area contributed by atoms with Crippen LogP contribution in [0.3, 0.4) is 0 Å². The normalized spacial score (nSPS) is 20.1. The molecule has 1 aliphatic heterocycles. The second-order valence-electron chi connectivity index (χ2n) is 3.80. The average Bonchev–Trinajstić information content (AvgIpc) is 2.31. The summed E-state index contributed by atoms with van der Waals surface area (Å²) in [4.78, 5) is 0. The first-order chi connectivity index (χ1) is 7.27. The lowest BCUT2D eigenvalue weighted by atomic mass is 10.0. The Morgan fingerprint density at radius 1 is 1.20 bits per heavy atom. The summed E-state index contributed by atoms with van der Waals surface area (Å²) in [6.07, 6.45) is 0.973. The Morgan fingerprint density at radius 3 is 2.33 bits per heavy atom. The monoisotopic (exact) mass is 270 g/mol. The van der Waals surface area contributed by atoms with E-state index in [0.717, 1.165) is 25.2 Å². The zero-order valence-electron chi connectivity index (χ0n) is 8.83. The van der Waals surface area contributed by atoms with Crippen molar-refractivity contribution in [1.29, 1.82) is 0 Å². The van der Waals surface area contributed by atoms with Crippen molar-refractivity contribution in [2.24, 2.45) is 0 Å². The van der Waals surface area contributed by atoms with E-state index in [4.69, 9.17) is 9.47 Å². The van der Waals surface area contributed by atoms with Crippen molar-refractivity contribution in [2.45, 2.75) is 19.1 Å². The van der Waals surface area contributed by atoms with E-state index in [2.05, 4.69) is 47.1 Å². The highest BCUT2D eigenvalue weighted by Gasteiger charge is 2.35. The summed E-state index contributed by atoms with van der Waals surface area (Å²) in [6.45, 7) is 3.60. The van der Waals surface area contributed by atoms with Gasteiger partial charge >= 0.3 is 0 Å². The first kappa shape index (κ1) is 11.1. The zero-order chi connectivity index (χ0) is 10.7. The predicted octanol–water partition coefficient (Wildman–Crippen LogP) is 2.98. The van der Waals surface area contributed by atoms with Gasteiger partial charge < -0.3 is 9.47 Å². The molecule has 0 spiro atoms. The van der Waals surface area contributed by atoms with E-state index in [1.165, 1.54) is 5.56 Å². The van der Waals surface area contributed by atoms with E-state index in [1.54, 1.807) is 0 Å². The van der Waals surface area contributed by atoms with Gasteiger partial charge in [-0.2, -0.15) is 0 Å². The van der Waals surface area contributed by atoms with E-state index in [1.807, 2.05) is 0 Å². The van der Waals surface area contributed by atoms with Gasteiger partial charge in [-0.15, -0.1) is 0 Å². The third-order valence-electron chi connectivity index (χ3n) is 2.63. The van der Waals surface area contributed by atoms with E-state index in [-0.39, 0.29) is 0 Å². The Morgan fingerprint density at radius 2 is 1.80 bits per heavy atom. The fraction of sp³-hybridized carbons (Fsp3) is 0.500. The van der Waals surface area contributed by atoms with Gasteiger partial charge in [-0.1, -0.05) is 45.8 Å². The molecule has 0 aromatic heterocycles. The van der Waals surface area contributed by atoms with Gasteiger partial charge in [0.25, 0.3) is 0 Å². The molecule has 0 unspecified atom stereocenters. The summed E-state index contributed by atoms with van der Waals surface area (Å²) in [5.41, 5.74) is 2.34. The topological polar surface area (TPSA) is 18.5 Å². The molecular weight excluding hydrogens is 256 g/mol. The first-order valence-corrected chi connectivity index (χ1v) is 6.30. The fourth-order valence-corrected chi connectivity index (χ4v) is 2.35. The molecule has 82 valence electrons. The van der Waals surface area contributed by atoms with Crippen molar-refractivity contribution in [3.63, 3.8) is 0 Å². The van der Waals surface area contributed by atoms with Gasteiger partial charge in [0.15, 0.2) is 0 Å². The number of benzene rings is 1. The molecule has 1 heterocycles. The average molecular weight is 271 g/mol. The van der Waals surface area contributed by atoms with Crippen molar-refractivity contribution in [3.8, 4) is 0 Å². The van der Waals surface area contributed by atoms with E-state index in [0.29, 0.717) is 5.33 Å². The molecule has 1 saturated heterocycles. The highest BCUT2D eigenvalue weighted by molar-refractivity contribution is 9.09. The van der Waals surface area contributed by atoms with E-state index < -0.39 is 5.79 Å². The molecule has 0 aliphatic carbocycles. The number of aryl methyl sites for hydroxylation is 1. The third-order valence-corrected chi connectivity index (χ3v) is 3.36. The third kappa shape index (κ3) is 2.25. The fourth-order valence-electron chi connectivity index (χ4n) is 1.70. The number of halogens is 1. The standard InChI is InChI=1S/C12H15BrO2/c1-10-3-5-11(6-4-10)12(9-13)14-7-2-8-15-12/h3-6H,2,7-9H2,1H3. The number of alkyl halides is 1. The number of ether oxygens (including phenoxy) is 2. The summed E-state index contributed by atoms with van der Waals surface area (Å²) >= 11 is 3.47. The molecule has 0 N–H and O–H groups in total. The van der Waals surface area contributed by atoms with Crippen LogP contribution in [0, 0.1) is 6.92 Å². The lowest BCUT2D eigenvalue weighted by molar-refractivity contribution is -0.260. The van der Waals surface area contributed by atoms with Crippen molar-refractivity contribution in [1.82, 2.24) is 0 Å². The molecular formula is C12H15BrO2. The molecule has 0 bridgehead atoms. The minimum Gasteiger partial charge on any atom is -0.345 e. The second-order valence-corrected chi connectivity index (χ2v) is 4.36. The minimum absolute atomic E-state index is 0.577. The molecule has 1 aliphatic rings. The summed E-state index contributed by atoms with van der Waals surface area (Å²) in [5, 5.41) is 0.670. The Bertz CT molecular complexity index is 315. The summed E-state index contributed by atoms with van der Waals surface area (Å²) in [5.74, 6) is -0.577. The van der Waals surface area contributed by atoms with Crippen molar-refractivity contribution in [3.05, 3.63) is 35.4 Å². The van der Waals surface area contributed by atoms with Crippen LogP contribution < -0.4 is 0 Å². The number of rotatable bonds is 2. The Kier molecular flexibility index (Phi) is 3.44. The smallest absolute Gasteiger partial charge is 0.204 e. The molecule has 0 amide bonds. The molecule has 15 heavy (non-hydrogen) atoms. The minimum atomic E-state index is -0.577. The van der Waals surface area contributed by atoms with Crippen molar-refractivity contribution in [2.75, 3.05) is 18.5 Å². The Labute approximate surface area is 98.7 Å². The molecule has 0 atom stereocenters. The maximum Gasteiger partial charge on any atom is 0.204 e. The van der Waals surface area contributed by atoms with E-state index >= 15 is 0 Å². The van der Waals surface area contributed by atoms with Crippen LogP contribution >= 0.6 is 15.9 Å². The largest absolute Gasteiger partial charge is 0.345 e. The zero-order valence-corrected chi connectivity index (χ0v) is 10.4. The van der Waals surface area contributed by atoms with Crippen LogP contribution in [0.2, 0.25) is 0 Å². The number of hydrogen-bond donors (Lipinski definition) is 0. The molecule has 2 nitrogen and oxygen atoms in total.